The van der Waals surface area contributed by atoms with E-state index in [1.165, 1.54) is 24.3 Å². The Morgan fingerprint density at radius 1 is 1.15 bits per heavy atom. The van der Waals surface area contributed by atoms with Crippen LogP contribution in [0.1, 0.15) is 24.0 Å². The number of alkyl halides is 3. The van der Waals surface area contributed by atoms with E-state index in [0.29, 0.717) is 6.42 Å². The number of aliphatic carboxylic acids is 1. The molecule has 0 spiro atoms. The van der Waals surface area contributed by atoms with Crippen molar-refractivity contribution >= 4 is 45.1 Å². The highest BCUT2D eigenvalue weighted by Gasteiger charge is 2.41. The first kappa shape index (κ1) is 26.3. The van der Waals surface area contributed by atoms with Gasteiger partial charge in [0.25, 0.3) is 0 Å². The maximum Gasteiger partial charge on any atom is 0.416 e. The van der Waals surface area contributed by atoms with Crippen LogP contribution in [0.15, 0.2) is 47.4 Å². The van der Waals surface area contributed by atoms with Crippen LogP contribution in [0.4, 0.5) is 13.2 Å². The van der Waals surface area contributed by atoms with Gasteiger partial charge < -0.3 is 10.4 Å². The number of carboxylic acid groups (broad SMARTS) is 1. The van der Waals surface area contributed by atoms with Gasteiger partial charge in [-0.25, -0.2) is 13.2 Å². The van der Waals surface area contributed by atoms with Crippen molar-refractivity contribution in [3.63, 3.8) is 0 Å². The Balaban J connectivity index is 1.80. The van der Waals surface area contributed by atoms with Crippen LogP contribution < -0.4 is 5.32 Å². The fourth-order valence-corrected chi connectivity index (χ4v) is 6.06. The molecule has 1 fully saturated rings. The maximum absolute atomic E-state index is 13.1. The Labute approximate surface area is 203 Å². The Kier molecular flexibility index (Phi) is 7.81. The monoisotopic (exact) mass is 538 g/mol. The predicted molar refractivity (Wildman–Crippen MR) is 118 cm³/mol. The van der Waals surface area contributed by atoms with Crippen molar-refractivity contribution in [1.29, 1.82) is 0 Å². The minimum atomic E-state index is -4.61. The molecule has 13 heteroatoms. The molecule has 0 aliphatic carbocycles. The smallest absolute Gasteiger partial charge is 0.416 e. The molecule has 1 aliphatic rings. The fraction of sp³-hybridized carbons (Fsp3) is 0.333. The summed E-state index contributed by atoms with van der Waals surface area (Å²) in [5.74, 6) is -2.34. The molecule has 2 aromatic rings. The highest BCUT2D eigenvalue weighted by molar-refractivity contribution is 7.89. The molecule has 1 aliphatic heterocycles. The number of hydrogen-bond donors (Lipinski definition) is 2. The lowest BCUT2D eigenvalue weighted by molar-refractivity contribution is -0.142. The van der Waals surface area contributed by atoms with Crippen LogP contribution in [0.25, 0.3) is 0 Å². The first-order chi connectivity index (χ1) is 15.8. The molecule has 184 valence electrons. The second-order valence-corrected chi connectivity index (χ2v) is 10.4. The summed E-state index contributed by atoms with van der Waals surface area (Å²) in [4.78, 5) is 24.4. The summed E-state index contributed by atoms with van der Waals surface area (Å²) in [5, 5.41) is 11.9. The Hall–Kier alpha value is -2.34. The molecule has 1 saturated heterocycles. The molecule has 0 saturated carbocycles. The third-order valence-electron chi connectivity index (χ3n) is 5.26. The summed E-state index contributed by atoms with van der Waals surface area (Å²) < 4.78 is 66.0. The second kappa shape index (κ2) is 10.1. The van der Waals surface area contributed by atoms with Gasteiger partial charge in [-0.3, -0.25) is 4.79 Å². The number of nitrogens with one attached hydrogen (secondary N) is 1. The number of amides is 1. The van der Waals surface area contributed by atoms with E-state index < -0.39 is 52.1 Å². The number of benzene rings is 2. The molecule has 1 amide bonds. The normalized spacial score (nSPS) is 18.0. The molecule has 2 aromatic carbocycles. The summed E-state index contributed by atoms with van der Waals surface area (Å²) in [6.45, 7) is 0.00984. The highest BCUT2D eigenvalue weighted by Crippen LogP contribution is 2.31. The number of hydrogen-bond acceptors (Lipinski definition) is 4. The first-order valence-electron chi connectivity index (χ1n) is 9.96. The molecule has 2 atom stereocenters. The number of sulfonamides is 1. The van der Waals surface area contributed by atoms with E-state index in [2.05, 4.69) is 5.32 Å². The van der Waals surface area contributed by atoms with E-state index in [-0.39, 0.29) is 33.5 Å². The van der Waals surface area contributed by atoms with Crippen molar-refractivity contribution in [3.8, 4) is 0 Å². The Morgan fingerprint density at radius 2 is 1.79 bits per heavy atom. The number of halogens is 5. The third-order valence-corrected chi connectivity index (χ3v) is 7.58. The predicted octanol–water partition coefficient (Wildman–Crippen LogP) is 3.98. The average molecular weight is 539 g/mol. The zero-order valence-corrected chi connectivity index (χ0v) is 19.7. The minimum Gasteiger partial charge on any atom is -0.480 e. The van der Waals surface area contributed by atoms with Gasteiger partial charge in [0, 0.05) is 23.0 Å². The van der Waals surface area contributed by atoms with Crippen LogP contribution in [-0.2, 0) is 32.2 Å². The molecule has 0 aromatic heterocycles. The van der Waals surface area contributed by atoms with Crippen molar-refractivity contribution in [2.45, 2.75) is 42.4 Å². The molecular formula is C21H19Cl2F3N2O5S. The number of carbonyl (C=O) groups is 2. The standard InChI is InChI=1S/C21H19Cl2F3N2O5S/c22-14-9-15(23)11-16(10-14)34(32,33)28-6-2-5-18(28)19(29)27-17(20(30)31)8-12-3-1-4-13(7-12)21(24,25)26/h1,3-4,7,9-11,17-18H,2,5-6,8H2,(H,27,29)(H,30,31)/t17-,18-/m0/s1. The lowest BCUT2D eigenvalue weighted by Gasteiger charge is -2.25. The molecule has 1 heterocycles. The van der Waals surface area contributed by atoms with Crippen LogP contribution in [0.5, 0.6) is 0 Å². The zero-order chi connectivity index (χ0) is 25.3. The van der Waals surface area contributed by atoms with Crippen molar-refractivity contribution in [2.24, 2.45) is 0 Å². The van der Waals surface area contributed by atoms with Gasteiger partial charge in [-0.05, 0) is 42.7 Å². The van der Waals surface area contributed by atoms with Crippen molar-refractivity contribution in [3.05, 3.63) is 63.6 Å². The van der Waals surface area contributed by atoms with E-state index in [1.807, 2.05) is 0 Å². The van der Waals surface area contributed by atoms with Gasteiger partial charge in [0.1, 0.15) is 12.1 Å². The van der Waals surface area contributed by atoms with Crippen molar-refractivity contribution in [2.75, 3.05) is 6.54 Å². The quantitative estimate of drug-likeness (QED) is 0.554. The highest BCUT2D eigenvalue weighted by atomic mass is 35.5. The molecule has 7 nitrogen and oxygen atoms in total. The summed E-state index contributed by atoms with van der Waals surface area (Å²) >= 11 is 11.8. The molecular weight excluding hydrogens is 520 g/mol. The van der Waals surface area contributed by atoms with E-state index in [0.717, 1.165) is 22.5 Å². The average Bonchev–Trinajstić information content (AvgIpc) is 3.23. The lowest BCUT2D eigenvalue weighted by Crippen LogP contribution is -2.51. The lowest BCUT2D eigenvalue weighted by atomic mass is 10.0. The van der Waals surface area contributed by atoms with Gasteiger partial charge in [0.2, 0.25) is 15.9 Å². The molecule has 2 N–H and O–H groups in total. The summed E-state index contributed by atoms with van der Waals surface area (Å²) in [6, 6.07) is 5.05. The maximum atomic E-state index is 13.1. The molecule has 34 heavy (non-hydrogen) atoms. The summed E-state index contributed by atoms with van der Waals surface area (Å²) in [6.07, 6.45) is -4.56. The van der Waals surface area contributed by atoms with E-state index in [4.69, 9.17) is 23.2 Å². The molecule has 0 unspecified atom stereocenters. The van der Waals surface area contributed by atoms with E-state index in [9.17, 15) is 36.3 Å². The third kappa shape index (κ3) is 6.01. The van der Waals surface area contributed by atoms with Gasteiger partial charge in [0.15, 0.2) is 0 Å². The number of nitrogens with zero attached hydrogens (tertiary/aromatic N) is 1. The van der Waals surface area contributed by atoms with Crippen LogP contribution in [0.2, 0.25) is 10.0 Å². The first-order valence-corrected chi connectivity index (χ1v) is 12.2. The fourth-order valence-electron chi connectivity index (χ4n) is 3.68. The molecule has 0 bridgehead atoms. The van der Waals surface area contributed by atoms with Crippen LogP contribution >= 0.6 is 23.2 Å². The van der Waals surface area contributed by atoms with Crippen molar-refractivity contribution < 1.29 is 36.3 Å². The minimum absolute atomic E-state index is 0.00984. The molecule has 3 rings (SSSR count). The number of rotatable bonds is 7. The Bertz CT molecular complexity index is 1190. The zero-order valence-electron chi connectivity index (χ0n) is 17.4. The van der Waals surface area contributed by atoms with Gasteiger partial charge in [-0.1, -0.05) is 41.4 Å². The van der Waals surface area contributed by atoms with E-state index >= 15 is 0 Å². The van der Waals surface area contributed by atoms with Gasteiger partial charge in [-0.2, -0.15) is 17.5 Å². The van der Waals surface area contributed by atoms with Crippen LogP contribution in [0, 0.1) is 0 Å². The second-order valence-electron chi connectivity index (χ2n) is 7.68. The molecule has 0 radical (unpaired) electrons. The van der Waals surface area contributed by atoms with E-state index in [1.54, 1.807) is 0 Å². The summed E-state index contributed by atoms with van der Waals surface area (Å²) in [7, 11) is -4.18. The largest absolute Gasteiger partial charge is 0.480 e. The van der Waals surface area contributed by atoms with Gasteiger partial charge >= 0.3 is 12.1 Å². The Morgan fingerprint density at radius 3 is 2.38 bits per heavy atom. The van der Waals surface area contributed by atoms with Crippen molar-refractivity contribution in [1.82, 2.24) is 9.62 Å². The summed E-state index contributed by atoms with van der Waals surface area (Å²) in [5.41, 5.74) is -0.902. The number of carbonyl (C=O) groups excluding carboxylic acids is 1. The van der Waals surface area contributed by atoms with Crippen LogP contribution in [0.3, 0.4) is 0 Å². The topological polar surface area (TPSA) is 104 Å². The number of carboxylic acids is 1. The van der Waals surface area contributed by atoms with Gasteiger partial charge in [-0.15, -0.1) is 0 Å². The SMILES string of the molecule is O=C(O)[C@H](Cc1cccc(C(F)(F)F)c1)NC(=O)[C@@H]1CCCN1S(=O)(=O)c1cc(Cl)cc(Cl)c1. The van der Waals surface area contributed by atoms with Crippen LogP contribution in [-0.4, -0.2) is 48.3 Å². The van der Waals surface area contributed by atoms with Gasteiger partial charge in [0.05, 0.1) is 10.5 Å².